The number of hydrogen-bond donors (Lipinski definition) is 4. The van der Waals surface area contributed by atoms with Gasteiger partial charge in [-0.15, -0.1) is 0 Å². The number of hydrogen-bond acceptors (Lipinski definition) is 5. The number of benzene rings is 1. The van der Waals surface area contributed by atoms with E-state index in [9.17, 15) is 14.7 Å². The van der Waals surface area contributed by atoms with Gasteiger partial charge >= 0.3 is 12.0 Å². The summed E-state index contributed by atoms with van der Waals surface area (Å²) in [4.78, 5) is 22.7. The van der Waals surface area contributed by atoms with E-state index in [-0.39, 0.29) is 17.0 Å². The predicted molar refractivity (Wildman–Crippen MR) is 73.0 cm³/mol. The third-order valence-electron chi connectivity index (χ3n) is 2.64. The van der Waals surface area contributed by atoms with Crippen LogP contribution in [0.5, 0.6) is 5.75 Å². The van der Waals surface area contributed by atoms with E-state index >= 15 is 0 Å². The van der Waals surface area contributed by atoms with Crippen molar-refractivity contribution in [1.82, 2.24) is 5.32 Å². The summed E-state index contributed by atoms with van der Waals surface area (Å²) in [5.41, 5.74) is 0.281. The lowest BCUT2D eigenvalue weighted by molar-refractivity contribution is -0.141. The lowest BCUT2D eigenvalue weighted by Gasteiger charge is -2.18. The van der Waals surface area contributed by atoms with Crippen molar-refractivity contribution in [3.63, 3.8) is 0 Å². The lowest BCUT2D eigenvalue weighted by Crippen LogP contribution is -2.49. The maximum absolute atomic E-state index is 11.8. The van der Waals surface area contributed by atoms with Crippen LogP contribution in [0, 0.1) is 11.3 Å². The van der Waals surface area contributed by atoms with Gasteiger partial charge in [0.05, 0.1) is 18.8 Å². The summed E-state index contributed by atoms with van der Waals surface area (Å²) in [7, 11) is 1.37. The number of methoxy groups -OCH3 is 1. The number of nitriles is 1. The van der Waals surface area contributed by atoms with Crippen molar-refractivity contribution in [1.29, 1.82) is 5.26 Å². The van der Waals surface area contributed by atoms with E-state index in [2.05, 4.69) is 10.6 Å². The van der Waals surface area contributed by atoms with Crippen LogP contribution in [0.15, 0.2) is 18.2 Å². The molecule has 0 heterocycles. The van der Waals surface area contributed by atoms with Crippen LogP contribution in [-0.4, -0.2) is 41.5 Å². The standard InChI is InChI=1S/C13H15N3O5/c1-7(17)10(12(18)19)15-13(20)16-11-8(6-14)4-3-5-9(11)21-2/h3-5,7,10,17H,1-2H3,(H,18,19)(H2,15,16,20). The van der Waals surface area contributed by atoms with E-state index in [1.807, 2.05) is 6.07 Å². The SMILES string of the molecule is COc1cccc(C#N)c1NC(=O)NC(C(=O)O)C(C)O. The van der Waals surface area contributed by atoms with Crippen LogP contribution in [-0.2, 0) is 4.79 Å². The molecule has 2 unspecified atom stereocenters. The molecule has 1 aromatic rings. The van der Waals surface area contributed by atoms with Crippen molar-refractivity contribution in [2.24, 2.45) is 0 Å². The van der Waals surface area contributed by atoms with Gasteiger partial charge in [0.1, 0.15) is 17.5 Å². The minimum atomic E-state index is -1.47. The molecule has 0 saturated heterocycles. The lowest BCUT2D eigenvalue weighted by atomic mass is 10.1. The zero-order chi connectivity index (χ0) is 16.0. The number of aliphatic hydroxyl groups is 1. The normalized spacial score (nSPS) is 12.7. The number of anilines is 1. The van der Waals surface area contributed by atoms with Gasteiger partial charge in [0.25, 0.3) is 0 Å². The quantitative estimate of drug-likeness (QED) is 0.626. The molecule has 0 saturated carbocycles. The van der Waals surface area contributed by atoms with E-state index in [4.69, 9.17) is 15.1 Å². The first-order chi connectivity index (χ1) is 9.90. The molecule has 4 N–H and O–H groups in total. The van der Waals surface area contributed by atoms with Crippen LogP contribution in [0.25, 0.3) is 0 Å². The second-order valence-corrected chi connectivity index (χ2v) is 4.15. The number of carbonyl (C=O) groups is 2. The number of amides is 2. The van der Waals surface area contributed by atoms with Crippen LogP contribution in [0.4, 0.5) is 10.5 Å². The molecule has 0 spiro atoms. The Morgan fingerprint density at radius 1 is 1.43 bits per heavy atom. The Hall–Kier alpha value is -2.79. The van der Waals surface area contributed by atoms with Crippen LogP contribution >= 0.6 is 0 Å². The monoisotopic (exact) mass is 293 g/mol. The minimum Gasteiger partial charge on any atom is -0.495 e. The van der Waals surface area contributed by atoms with Gasteiger partial charge in [0.15, 0.2) is 6.04 Å². The Balaban J connectivity index is 2.94. The first-order valence-electron chi connectivity index (χ1n) is 5.96. The number of carboxylic acid groups (broad SMARTS) is 1. The van der Waals surface area contributed by atoms with Gasteiger partial charge in [0, 0.05) is 0 Å². The summed E-state index contributed by atoms with van der Waals surface area (Å²) in [6.45, 7) is 1.24. The average molecular weight is 293 g/mol. The van der Waals surface area contributed by atoms with E-state index in [0.717, 1.165) is 0 Å². The summed E-state index contributed by atoms with van der Waals surface area (Å²) in [5.74, 6) is -1.12. The average Bonchev–Trinajstić information content (AvgIpc) is 2.44. The molecule has 0 bridgehead atoms. The van der Waals surface area contributed by atoms with Gasteiger partial charge in [-0.25, -0.2) is 9.59 Å². The van der Waals surface area contributed by atoms with E-state index in [1.54, 1.807) is 12.1 Å². The number of nitrogens with one attached hydrogen (secondary N) is 2. The molecular weight excluding hydrogens is 278 g/mol. The molecule has 0 fully saturated rings. The van der Waals surface area contributed by atoms with Gasteiger partial charge in [-0.1, -0.05) is 6.07 Å². The van der Waals surface area contributed by atoms with Gasteiger partial charge in [0.2, 0.25) is 0 Å². The zero-order valence-corrected chi connectivity index (χ0v) is 11.5. The number of aliphatic carboxylic acids is 1. The summed E-state index contributed by atoms with van der Waals surface area (Å²) in [6, 6.07) is 4.14. The van der Waals surface area contributed by atoms with Gasteiger partial charge in [-0.3, -0.25) is 0 Å². The smallest absolute Gasteiger partial charge is 0.328 e. The van der Waals surface area contributed by atoms with Crippen LogP contribution < -0.4 is 15.4 Å². The molecule has 112 valence electrons. The van der Waals surface area contributed by atoms with Crippen LogP contribution in [0.2, 0.25) is 0 Å². The summed E-state index contributed by atoms with van der Waals surface area (Å²) in [5, 5.41) is 31.6. The minimum absolute atomic E-state index is 0.120. The number of carboxylic acids is 1. The van der Waals surface area contributed by atoms with E-state index < -0.39 is 24.1 Å². The Morgan fingerprint density at radius 3 is 2.57 bits per heavy atom. The molecule has 0 aromatic heterocycles. The molecular formula is C13H15N3O5. The molecule has 2 atom stereocenters. The summed E-state index contributed by atoms with van der Waals surface area (Å²) >= 11 is 0. The number of urea groups is 1. The van der Waals surface area contributed by atoms with E-state index in [1.165, 1.54) is 20.1 Å². The Bertz CT molecular complexity index is 580. The third kappa shape index (κ3) is 4.09. The molecule has 0 aliphatic heterocycles. The summed E-state index contributed by atoms with van der Waals surface area (Å²) in [6.07, 6.45) is -1.28. The topological polar surface area (TPSA) is 132 Å². The molecule has 1 rings (SSSR count). The molecule has 8 nitrogen and oxygen atoms in total. The first-order valence-corrected chi connectivity index (χ1v) is 5.96. The molecule has 1 aromatic carbocycles. The number of para-hydroxylation sites is 1. The highest BCUT2D eigenvalue weighted by Crippen LogP contribution is 2.27. The largest absolute Gasteiger partial charge is 0.495 e. The van der Waals surface area contributed by atoms with Crippen molar-refractivity contribution in [2.75, 3.05) is 12.4 Å². The van der Waals surface area contributed by atoms with Gasteiger partial charge < -0.3 is 25.6 Å². The van der Waals surface area contributed by atoms with Gasteiger partial charge in [-0.2, -0.15) is 5.26 Å². The number of ether oxygens (including phenoxy) is 1. The predicted octanol–water partition coefficient (Wildman–Crippen LogP) is 0.522. The number of rotatable bonds is 5. The number of carbonyl (C=O) groups excluding carboxylic acids is 1. The molecule has 21 heavy (non-hydrogen) atoms. The maximum atomic E-state index is 11.8. The zero-order valence-electron chi connectivity index (χ0n) is 11.5. The fourth-order valence-corrected chi connectivity index (χ4v) is 1.60. The maximum Gasteiger partial charge on any atom is 0.328 e. The second kappa shape index (κ2) is 7.12. The Labute approximate surface area is 121 Å². The Kier molecular flexibility index (Phi) is 5.51. The van der Waals surface area contributed by atoms with Crippen LogP contribution in [0.1, 0.15) is 12.5 Å². The number of nitrogens with zero attached hydrogens (tertiary/aromatic N) is 1. The number of aliphatic hydroxyl groups excluding tert-OH is 1. The fraction of sp³-hybridized carbons (Fsp3) is 0.308. The highest BCUT2D eigenvalue weighted by molar-refractivity contribution is 5.95. The first kappa shape index (κ1) is 16.3. The fourth-order valence-electron chi connectivity index (χ4n) is 1.60. The Morgan fingerprint density at radius 2 is 2.10 bits per heavy atom. The molecule has 8 heteroatoms. The van der Waals surface area contributed by atoms with Gasteiger partial charge in [-0.05, 0) is 19.1 Å². The molecule has 0 aliphatic carbocycles. The van der Waals surface area contributed by atoms with Crippen molar-refractivity contribution in [2.45, 2.75) is 19.1 Å². The second-order valence-electron chi connectivity index (χ2n) is 4.15. The highest BCUT2D eigenvalue weighted by atomic mass is 16.5. The van der Waals surface area contributed by atoms with Crippen molar-refractivity contribution < 1.29 is 24.5 Å². The molecule has 0 radical (unpaired) electrons. The van der Waals surface area contributed by atoms with Crippen molar-refractivity contribution in [3.8, 4) is 11.8 Å². The third-order valence-corrected chi connectivity index (χ3v) is 2.64. The summed E-state index contributed by atoms with van der Waals surface area (Å²) < 4.78 is 5.03. The van der Waals surface area contributed by atoms with Crippen LogP contribution in [0.3, 0.4) is 0 Å². The molecule has 0 aliphatic rings. The van der Waals surface area contributed by atoms with Crippen molar-refractivity contribution in [3.05, 3.63) is 23.8 Å². The highest BCUT2D eigenvalue weighted by Gasteiger charge is 2.25. The van der Waals surface area contributed by atoms with E-state index in [0.29, 0.717) is 0 Å². The van der Waals surface area contributed by atoms with Crippen molar-refractivity contribution >= 4 is 17.7 Å². The molecule has 2 amide bonds.